The predicted octanol–water partition coefficient (Wildman–Crippen LogP) is 4.92. The van der Waals surface area contributed by atoms with Gasteiger partial charge in [-0.05, 0) is 60.3 Å². The Morgan fingerprint density at radius 2 is 1.96 bits per heavy atom. The maximum Gasteiger partial charge on any atom is 0.296 e. The van der Waals surface area contributed by atoms with E-state index in [0.29, 0.717) is 16.3 Å². The van der Waals surface area contributed by atoms with Crippen LogP contribution in [0.2, 0.25) is 5.02 Å². The van der Waals surface area contributed by atoms with Crippen LogP contribution in [0.3, 0.4) is 0 Å². The Morgan fingerprint density at radius 1 is 1.21 bits per heavy atom. The lowest BCUT2D eigenvalue weighted by Crippen LogP contribution is -2.28. The smallest absolute Gasteiger partial charge is 0.296 e. The number of aliphatic hydroxyl groups excluding tert-OH is 1. The number of hydrogen-bond donors (Lipinski definition) is 1. The SMILES string of the molecule is Cc1ccsc1C1/C(=C(\O)c2ccc(Cl)cc2)C(=O)C(=O)N1Cc1ccco1. The molecule has 0 aliphatic carbocycles. The Labute approximate surface area is 170 Å². The molecule has 0 spiro atoms. The van der Waals surface area contributed by atoms with Gasteiger partial charge in [-0.25, -0.2) is 0 Å². The van der Waals surface area contributed by atoms with Gasteiger partial charge in [0.15, 0.2) is 0 Å². The quantitative estimate of drug-likeness (QED) is 0.374. The van der Waals surface area contributed by atoms with Crippen molar-refractivity contribution >= 4 is 40.4 Å². The van der Waals surface area contributed by atoms with Crippen molar-refractivity contribution in [2.24, 2.45) is 0 Å². The highest BCUT2D eigenvalue weighted by Gasteiger charge is 2.47. The number of nitrogens with zero attached hydrogens (tertiary/aromatic N) is 1. The number of aliphatic hydroxyl groups is 1. The normalized spacial score (nSPS) is 18.8. The third-order valence-electron chi connectivity index (χ3n) is 4.71. The molecule has 1 saturated heterocycles. The molecule has 1 unspecified atom stereocenters. The van der Waals surface area contributed by atoms with E-state index < -0.39 is 17.7 Å². The lowest BCUT2D eigenvalue weighted by Gasteiger charge is -2.24. The van der Waals surface area contributed by atoms with E-state index in [1.54, 1.807) is 36.4 Å². The van der Waals surface area contributed by atoms with Crippen LogP contribution in [0.5, 0.6) is 0 Å². The van der Waals surface area contributed by atoms with Crippen LogP contribution in [0, 0.1) is 6.92 Å². The number of amides is 1. The maximum atomic E-state index is 12.9. The first kappa shape index (κ1) is 18.5. The molecule has 3 aromatic rings. The lowest BCUT2D eigenvalue weighted by molar-refractivity contribution is -0.140. The summed E-state index contributed by atoms with van der Waals surface area (Å²) in [5.41, 5.74) is 1.45. The number of rotatable bonds is 4. The summed E-state index contributed by atoms with van der Waals surface area (Å²) in [5, 5.41) is 13.3. The minimum absolute atomic E-state index is 0.0735. The van der Waals surface area contributed by atoms with E-state index >= 15 is 0 Å². The molecule has 4 rings (SSSR count). The summed E-state index contributed by atoms with van der Waals surface area (Å²) < 4.78 is 5.37. The summed E-state index contributed by atoms with van der Waals surface area (Å²) in [6.07, 6.45) is 1.52. The van der Waals surface area contributed by atoms with Crippen molar-refractivity contribution in [2.75, 3.05) is 0 Å². The number of hydrogen-bond acceptors (Lipinski definition) is 5. The second-order valence-corrected chi connectivity index (χ2v) is 7.87. The number of aryl methyl sites for hydroxylation is 1. The van der Waals surface area contributed by atoms with Crippen molar-refractivity contribution < 1.29 is 19.1 Å². The average Bonchev–Trinajstić information content (AvgIpc) is 3.39. The third-order valence-corrected chi connectivity index (χ3v) is 6.04. The summed E-state index contributed by atoms with van der Waals surface area (Å²) in [7, 11) is 0. The molecule has 1 N–H and O–H groups in total. The summed E-state index contributed by atoms with van der Waals surface area (Å²) in [5.74, 6) is -1.02. The number of carbonyl (C=O) groups is 2. The van der Waals surface area contributed by atoms with Crippen LogP contribution < -0.4 is 0 Å². The first-order valence-electron chi connectivity index (χ1n) is 8.58. The molecule has 0 bridgehead atoms. The Bertz CT molecular complexity index is 1070. The van der Waals surface area contributed by atoms with Gasteiger partial charge in [0.1, 0.15) is 17.6 Å². The van der Waals surface area contributed by atoms with Crippen LogP contribution in [-0.4, -0.2) is 21.7 Å². The minimum atomic E-state index is -0.711. The molecule has 142 valence electrons. The fraction of sp³-hybridized carbons (Fsp3) is 0.143. The molecule has 0 saturated carbocycles. The molecule has 1 amide bonds. The molecular formula is C21H16ClNO4S. The first-order valence-corrected chi connectivity index (χ1v) is 9.84. The van der Waals surface area contributed by atoms with Gasteiger partial charge in [0, 0.05) is 15.5 Å². The molecule has 2 aromatic heterocycles. The van der Waals surface area contributed by atoms with E-state index in [2.05, 4.69) is 0 Å². The van der Waals surface area contributed by atoms with E-state index in [1.807, 2.05) is 18.4 Å². The number of carbonyl (C=O) groups excluding carboxylic acids is 2. The molecule has 0 radical (unpaired) electrons. The zero-order valence-corrected chi connectivity index (χ0v) is 16.5. The molecular weight excluding hydrogens is 398 g/mol. The number of ketones is 1. The molecule has 7 heteroatoms. The summed E-state index contributed by atoms with van der Waals surface area (Å²) in [6.45, 7) is 2.05. The zero-order valence-electron chi connectivity index (χ0n) is 14.9. The van der Waals surface area contributed by atoms with Crippen LogP contribution in [0.4, 0.5) is 0 Å². The van der Waals surface area contributed by atoms with Crippen LogP contribution in [-0.2, 0) is 16.1 Å². The van der Waals surface area contributed by atoms with E-state index in [4.69, 9.17) is 16.0 Å². The Kier molecular flexibility index (Phi) is 4.83. The highest BCUT2D eigenvalue weighted by molar-refractivity contribution is 7.10. The molecule has 1 aliphatic heterocycles. The van der Waals surface area contributed by atoms with Gasteiger partial charge in [-0.15, -0.1) is 11.3 Å². The van der Waals surface area contributed by atoms with Crippen LogP contribution in [0.1, 0.15) is 27.8 Å². The molecule has 3 heterocycles. The predicted molar refractivity (Wildman–Crippen MR) is 107 cm³/mol. The van der Waals surface area contributed by atoms with Gasteiger partial charge in [-0.1, -0.05) is 11.6 Å². The number of halogens is 1. The standard InChI is InChI=1S/C21H16ClNO4S/c1-12-8-10-28-20(12)17-16(18(24)13-4-6-14(22)7-5-13)19(25)21(26)23(17)11-15-3-2-9-27-15/h2-10,17,24H,11H2,1H3/b18-16+. The molecule has 5 nitrogen and oxygen atoms in total. The largest absolute Gasteiger partial charge is 0.507 e. The van der Waals surface area contributed by atoms with Crippen LogP contribution in [0.15, 0.2) is 64.1 Å². The van der Waals surface area contributed by atoms with Gasteiger partial charge in [-0.3, -0.25) is 9.59 Å². The molecule has 28 heavy (non-hydrogen) atoms. The second kappa shape index (κ2) is 7.30. The van der Waals surface area contributed by atoms with Gasteiger partial charge in [0.25, 0.3) is 11.7 Å². The third kappa shape index (κ3) is 3.15. The minimum Gasteiger partial charge on any atom is -0.507 e. The molecule has 1 aliphatic rings. The van der Waals surface area contributed by atoms with E-state index in [-0.39, 0.29) is 17.9 Å². The number of likely N-dealkylation sites (tertiary alicyclic amines) is 1. The van der Waals surface area contributed by atoms with Crippen molar-refractivity contribution in [3.63, 3.8) is 0 Å². The van der Waals surface area contributed by atoms with Gasteiger partial charge in [-0.2, -0.15) is 0 Å². The van der Waals surface area contributed by atoms with Gasteiger partial charge in [0.05, 0.1) is 18.4 Å². The highest BCUT2D eigenvalue weighted by atomic mass is 35.5. The highest BCUT2D eigenvalue weighted by Crippen LogP contribution is 2.43. The van der Waals surface area contributed by atoms with Crippen molar-refractivity contribution in [1.29, 1.82) is 0 Å². The van der Waals surface area contributed by atoms with Gasteiger partial charge >= 0.3 is 0 Å². The summed E-state index contributed by atoms with van der Waals surface area (Å²) >= 11 is 7.37. The number of furan rings is 1. The van der Waals surface area contributed by atoms with Gasteiger partial charge < -0.3 is 14.4 Å². The Morgan fingerprint density at radius 3 is 2.57 bits per heavy atom. The molecule has 1 fully saturated rings. The number of Topliss-reactive ketones (excluding diaryl/α,β-unsaturated/α-hetero) is 1. The van der Waals surface area contributed by atoms with Crippen molar-refractivity contribution in [3.8, 4) is 0 Å². The van der Waals surface area contributed by atoms with Crippen molar-refractivity contribution in [3.05, 3.63) is 86.5 Å². The summed E-state index contributed by atoms with van der Waals surface area (Å²) in [6, 6.07) is 11.2. The summed E-state index contributed by atoms with van der Waals surface area (Å²) in [4.78, 5) is 28.0. The fourth-order valence-electron chi connectivity index (χ4n) is 3.31. The number of thiophene rings is 1. The van der Waals surface area contributed by atoms with Crippen LogP contribution >= 0.6 is 22.9 Å². The topological polar surface area (TPSA) is 70.8 Å². The van der Waals surface area contributed by atoms with Crippen molar-refractivity contribution in [2.45, 2.75) is 19.5 Å². The Hall–Kier alpha value is -2.83. The van der Waals surface area contributed by atoms with Crippen molar-refractivity contribution in [1.82, 2.24) is 4.90 Å². The first-order chi connectivity index (χ1) is 13.5. The number of benzene rings is 1. The Balaban J connectivity index is 1.87. The van der Waals surface area contributed by atoms with Gasteiger partial charge in [0.2, 0.25) is 0 Å². The van der Waals surface area contributed by atoms with Crippen LogP contribution in [0.25, 0.3) is 5.76 Å². The van der Waals surface area contributed by atoms with E-state index in [0.717, 1.165) is 10.4 Å². The maximum absolute atomic E-state index is 12.9. The monoisotopic (exact) mass is 413 g/mol. The second-order valence-electron chi connectivity index (χ2n) is 6.48. The zero-order chi connectivity index (χ0) is 19.8. The van der Waals surface area contributed by atoms with E-state index in [9.17, 15) is 14.7 Å². The van der Waals surface area contributed by atoms with E-state index in [1.165, 1.54) is 22.5 Å². The average molecular weight is 414 g/mol. The molecule has 1 aromatic carbocycles. The lowest BCUT2D eigenvalue weighted by atomic mass is 9.98. The fourth-order valence-corrected chi connectivity index (χ4v) is 4.49. The molecule has 1 atom stereocenters.